The second kappa shape index (κ2) is 8.41. The molecule has 1 aliphatic carbocycles. The first-order valence-corrected chi connectivity index (χ1v) is 11.8. The van der Waals surface area contributed by atoms with Crippen LogP contribution in [0.15, 0.2) is 56.5 Å². The largest absolute Gasteiger partial charge is 0.467 e. The van der Waals surface area contributed by atoms with Crippen molar-refractivity contribution in [1.82, 2.24) is 15.2 Å². The molecule has 0 spiro atoms. The maximum atomic E-state index is 13.0. The molecular weight excluding hydrogens is 442 g/mol. The van der Waals surface area contributed by atoms with Gasteiger partial charge in [0.1, 0.15) is 11.8 Å². The minimum absolute atomic E-state index is 0.0998. The fourth-order valence-corrected chi connectivity index (χ4v) is 4.99. The number of hydrazone groups is 1. The van der Waals surface area contributed by atoms with Crippen LogP contribution in [-0.2, 0) is 4.79 Å². The summed E-state index contributed by atoms with van der Waals surface area (Å²) >= 11 is 8.86. The first-order valence-electron chi connectivity index (χ1n) is 9.57. The molecule has 3 aromatic rings. The van der Waals surface area contributed by atoms with Crippen molar-refractivity contribution in [2.45, 2.75) is 35.7 Å². The van der Waals surface area contributed by atoms with Crippen LogP contribution in [0.1, 0.15) is 36.6 Å². The Bertz CT molecular complexity index is 1060. The van der Waals surface area contributed by atoms with Gasteiger partial charge in [0.25, 0.3) is 5.91 Å². The Morgan fingerprint density at radius 2 is 2.10 bits per heavy atom. The lowest BCUT2D eigenvalue weighted by atomic mass is 10.0. The van der Waals surface area contributed by atoms with Gasteiger partial charge in [0.05, 0.1) is 17.7 Å². The third-order valence-electron chi connectivity index (χ3n) is 4.85. The maximum Gasteiger partial charge on any atom is 0.253 e. The number of furan rings is 1. The third kappa shape index (κ3) is 4.38. The normalized spacial score (nSPS) is 18.5. The van der Waals surface area contributed by atoms with Crippen molar-refractivity contribution in [3.8, 4) is 0 Å². The van der Waals surface area contributed by atoms with Crippen LogP contribution in [0, 0.1) is 0 Å². The van der Waals surface area contributed by atoms with E-state index in [0.29, 0.717) is 23.2 Å². The monoisotopic (exact) mass is 459 g/mol. The smallest absolute Gasteiger partial charge is 0.253 e. The summed E-state index contributed by atoms with van der Waals surface area (Å²) in [6, 6.07) is 11.4. The summed E-state index contributed by atoms with van der Waals surface area (Å²) in [4.78, 5) is 13.0. The summed E-state index contributed by atoms with van der Waals surface area (Å²) in [5.74, 6) is 0.845. The van der Waals surface area contributed by atoms with Crippen LogP contribution in [0.2, 0.25) is 5.02 Å². The minimum Gasteiger partial charge on any atom is -0.467 e. The van der Waals surface area contributed by atoms with Crippen molar-refractivity contribution < 1.29 is 9.21 Å². The number of rotatable bonds is 7. The fourth-order valence-electron chi connectivity index (χ4n) is 3.18. The molecule has 1 fully saturated rings. The number of thioether (sulfide) groups is 1. The molecule has 7 nitrogen and oxygen atoms in total. The highest BCUT2D eigenvalue weighted by Crippen LogP contribution is 2.35. The molecule has 2 aromatic heterocycles. The van der Waals surface area contributed by atoms with Crippen molar-refractivity contribution in [3.05, 3.63) is 59.0 Å². The Labute approximate surface area is 186 Å². The van der Waals surface area contributed by atoms with Gasteiger partial charge in [-0.2, -0.15) is 5.10 Å². The van der Waals surface area contributed by atoms with Gasteiger partial charge in [-0.25, -0.2) is 5.01 Å². The Morgan fingerprint density at radius 1 is 1.27 bits per heavy atom. The van der Waals surface area contributed by atoms with E-state index in [2.05, 4.69) is 20.6 Å². The predicted octanol–water partition coefficient (Wildman–Crippen LogP) is 4.83. The van der Waals surface area contributed by atoms with E-state index in [1.807, 2.05) is 36.4 Å². The van der Waals surface area contributed by atoms with Gasteiger partial charge in [0.2, 0.25) is 5.13 Å². The van der Waals surface area contributed by atoms with Crippen LogP contribution in [0.3, 0.4) is 0 Å². The van der Waals surface area contributed by atoms with Gasteiger partial charge in [0, 0.05) is 17.5 Å². The van der Waals surface area contributed by atoms with Crippen LogP contribution in [0.4, 0.5) is 5.13 Å². The molecule has 154 valence electrons. The Hall–Kier alpha value is -2.36. The molecule has 0 bridgehead atoms. The van der Waals surface area contributed by atoms with Crippen molar-refractivity contribution in [3.63, 3.8) is 0 Å². The molecule has 1 N–H and O–H groups in total. The minimum atomic E-state index is -0.264. The van der Waals surface area contributed by atoms with Crippen LogP contribution in [-0.4, -0.2) is 38.6 Å². The van der Waals surface area contributed by atoms with Crippen molar-refractivity contribution in [2.24, 2.45) is 5.10 Å². The molecule has 5 rings (SSSR count). The number of amides is 1. The number of hydrogen-bond acceptors (Lipinski definition) is 8. The molecule has 1 aliphatic heterocycles. The maximum absolute atomic E-state index is 13.0. The molecule has 1 amide bonds. The molecule has 30 heavy (non-hydrogen) atoms. The van der Waals surface area contributed by atoms with Crippen molar-refractivity contribution in [1.29, 1.82) is 0 Å². The average Bonchev–Trinajstić information content (AvgIpc) is 3.17. The molecule has 1 aromatic carbocycles. The van der Waals surface area contributed by atoms with E-state index < -0.39 is 0 Å². The van der Waals surface area contributed by atoms with Gasteiger partial charge in [0.15, 0.2) is 4.34 Å². The molecular formula is C20H18ClN5O2S2. The zero-order chi connectivity index (χ0) is 20.5. The van der Waals surface area contributed by atoms with Crippen LogP contribution in [0.5, 0.6) is 0 Å². The van der Waals surface area contributed by atoms with Crippen molar-refractivity contribution >= 4 is 51.5 Å². The number of aromatic nitrogens is 2. The zero-order valence-electron chi connectivity index (χ0n) is 15.8. The first kappa shape index (κ1) is 19.6. The lowest BCUT2D eigenvalue weighted by molar-refractivity contribution is -0.130. The number of carbonyl (C=O) groups excluding carboxylic acids is 1. The fraction of sp³-hybridized carbons (Fsp3) is 0.300. The lowest BCUT2D eigenvalue weighted by Gasteiger charge is -2.19. The Morgan fingerprint density at radius 3 is 2.83 bits per heavy atom. The second-order valence-corrected chi connectivity index (χ2v) is 9.74. The number of hydrogen-bond donors (Lipinski definition) is 1. The summed E-state index contributed by atoms with van der Waals surface area (Å²) in [7, 11) is 0. The summed E-state index contributed by atoms with van der Waals surface area (Å²) in [6.45, 7) is 0. The van der Waals surface area contributed by atoms with E-state index in [-0.39, 0.29) is 17.7 Å². The molecule has 1 saturated carbocycles. The number of benzene rings is 1. The highest BCUT2D eigenvalue weighted by molar-refractivity contribution is 8.01. The van der Waals surface area contributed by atoms with Gasteiger partial charge >= 0.3 is 0 Å². The van der Waals surface area contributed by atoms with Gasteiger partial charge in [-0.3, -0.25) is 4.79 Å². The SMILES string of the molecule is O=C(CSc1nnc(NC2CC2)s1)N1N=C(c2ccc(Cl)cc2)CC1c1ccco1. The number of halogens is 1. The standard InChI is InChI=1S/C20H18ClN5O2S2/c21-13-5-3-12(4-6-13)15-10-16(17-2-1-9-28-17)26(25-15)18(27)11-29-20-24-23-19(30-20)22-14-7-8-14/h1-6,9,14,16H,7-8,10-11H2,(H,22,23). The lowest BCUT2D eigenvalue weighted by Crippen LogP contribution is -2.28. The number of nitrogens with one attached hydrogen (secondary N) is 1. The molecule has 2 aliphatic rings. The molecule has 1 atom stereocenters. The van der Waals surface area contributed by atoms with Crippen molar-refractivity contribution in [2.75, 3.05) is 11.1 Å². The van der Waals surface area contributed by atoms with E-state index >= 15 is 0 Å². The molecule has 1 unspecified atom stereocenters. The van der Waals surface area contributed by atoms with E-state index in [9.17, 15) is 4.79 Å². The summed E-state index contributed by atoms with van der Waals surface area (Å²) in [6.07, 6.45) is 4.55. The van der Waals surface area contributed by atoms with Crippen LogP contribution < -0.4 is 5.32 Å². The molecule has 3 heterocycles. The van der Waals surface area contributed by atoms with Gasteiger partial charge in [-0.15, -0.1) is 10.2 Å². The van der Waals surface area contributed by atoms with Gasteiger partial charge < -0.3 is 9.73 Å². The number of nitrogens with zero attached hydrogens (tertiary/aromatic N) is 4. The highest BCUT2D eigenvalue weighted by Gasteiger charge is 2.35. The summed E-state index contributed by atoms with van der Waals surface area (Å²) < 4.78 is 6.35. The van der Waals surface area contributed by atoms with E-state index in [4.69, 9.17) is 16.0 Å². The Kier molecular flexibility index (Phi) is 5.49. The topological polar surface area (TPSA) is 83.6 Å². The zero-order valence-corrected chi connectivity index (χ0v) is 18.2. The molecule has 10 heteroatoms. The van der Waals surface area contributed by atoms with E-state index in [1.54, 1.807) is 6.26 Å². The van der Waals surface area contributed by atoms with Gasteiger partial charge in [-0.05, 0) is 42.7 Å². The Balaban J connectivity index is 1.30. The quantitative estimate of drug-likeness (QED) is 0.509. The first-order chi connectivity index (χ1) is 14.7. The van der Waals surface area contributed by atoms with Crippen LogP contribution >= 0.6 is 34.7 Å². The number of carbonyl (C=O) groups is 1. The summed E-state index contributed by atoms with van der Waals surface area (Å²) in [5, 5.41) is 19.3. The van der Waals surface area contributed by atoms with E-state index in [1.165, 1.54) is 40.9 Å². The summed E-state index contributed by atoms with van der Waals surface area (Å²) in [5.41, 5.74) is 1.78. The molecule has 0 radical (unpaired) electrons. The second-order valence-electron chi connectivity index (χ2n) is 7.11. The van der Waals surface area contributed by atoms with Gasteiger partial charge in [-0.1, -0.05) is 46.8 Å². The number of anilines is 1. The third-order valence-corrected chi connectivity index (χ3v) is 7.07. The highest BCUT2D eigenvalue weighted by atomic mass is 35.5. The molecule has 0 saturated heterocycles. The van der Waals surface area contributed by atoms with Crippen LogP contribution in [0.25, 0.3) is 0 Å². The predicted molar refractivity (Wildman–Crippen MR) is 118 cm³/mol. The van der Waals surface area contributed by atoms with E-state index in [0.717, 1.165) is 20.7 Å². The average molecular weight is 460 g/mol.